The van der Waals surface area contributed by atoms with Crippen molar-refractivity contribution in [3.63, 3.8) is 0 Å². The highest BCUT2D eigenvalue weighted by atomic mass is 32.3. The Labute approximate surface area is 62.5 Å². The predicted octanol–water partition coefficient (Wildman–Crippen LogP) is -0.938. The lowest BCUT2D eigenvalue weighted by Gasteiger charge is -2.18. The Morgan fingerprint density at radius 3 is 2.00 bits per heavy atom. The van der Waals surface area contributed by atoms with E-state index in [0.717, 1.165) is 6.26 Å². The van der Waals surface area contributed by atoms with E-state index in [-0.39, 0.29) is 6.54 Å². The largest absolute Gasteiger partial charge is 0.759 e. The summed E-state index contributed by atoms with van der Waals surface area (Å²) in [5.74, 6) is 0. The lowest BCUT2D eigenvalue weighted by atomic mass is 10.8. The smallest absolute Gasteiger partial charge is 0.221 e. The molecule has 0 saturated carbocycles. The fraction of sp³-hybridized carbons (Fsp3) is 1.00. The van der Waals surface area contributed by atoms with Gasteiger partial charge in [0.05, 0.1) is 6.26 Å². The molecule has 0 aromatic carbocycles. The summed E-state index contributed by atoms with van der Waals surface area (Å²) in [6, 6.07) is 0. The van der Waals surface area contributed by atoms with Gasteiger partial charge >= 0.3 is 0 Å². The van der Waals surface area contributed by atoms with Crippen LogP contribution in [0.2, 0.25) is 0 Å². The van der Waals surface area contributed by atoms with Crippen LogP contribution < -0.4 is 0 Å². The highest BCUT2D eigenvalue weighted by molar-refractivity contribution is 7.98. The molecule has 0 spiro atoms. The Morgan fingerprint density at radius 2 is 2.00 bits per heavy atom. The third-order valence-electron chi connectivity index (χ3n) is 0.794. The van der Waals surface area contributed by atoms with Gasteiger partial charge in [-0.25, -0.2) is 8.42 Å². The van der Waals surface area contributed by atoms with Crippen molar-refractivity contribution in [1.82, 2.24) is 3.71 Å². The van der Waals surface area contributed by atoms with E-state index in [9.17, 15) is 17.2 Å². The molecule has 1 atom stereocenters. The number of hydrogen-bond donors (Lipinski definition) is 0. The molecule has 0 radical (unpaired) electrons. The first-order valence-corrected chi connectivity index (χ1v) is 5.34. The van der Waals surface area contributed by atoms with Crippen LogP contribution in [0.5, 0.6) is 0 Å². The zero-order valence-electron chi connectivity index (χ0n) is 5.60. The van der Waals surface area contributed by atoms with E-state index in [2.05, 4.69) is 0 Å². The van der Waals surface area contributed by atoms with Gasteiger partial charge in [-0.05, 0) is 0 Å². The Kier molecular flexibility index (Phi) is 3.43. The van der Waals surface area contributed by atoms with Gasteiger partial charge in [0.25, 0.3) is 0 Å². The van der Waals surface area contributed by atoms with Crippen molar-refractivity contribution in [3.05, 3.63) is 0 Å². The molecule has 0 fully saturated rings. The molecule has 0 amide bonds. The molecule has 7 heteroatoms. The molecule has 0 heterocycles. The maximum absolute atomic E-state index is 10.5. The van der Waals surface area contributed by atoms with Crippen LogP contribution in [0, 0.1) is 0 Å². The van der Waals surface area contributed by atoms with E-state index in [4.69, 9.17) is 0 Å². The molecule has 0 saturated heterocycles. The van der Waals surface area contributed by atoms with E-state index in [0.29, 0.717) is 3.71 Å². The van der Waals surface area contributed by atoms with Gasteiger partial charge in [-0.2, -0.15) is 0 Å². The lowest BCUT2D eigenvalue weighted by Crippen LogP contribution is -2.31. The first-order chi connectivity index (χ1) is 4.39. The maximum Gasteiger partial charge on any atom is 0.221 e. The lowest BCUT2D eigenvalue weighted by molar-refractivity contribution is 0.473. The number of hydrogen-bond acceptors (Lipinski definition) is 4. The molecule has 62 valence electrons. The van der Waals surface area contributed by atoms with E-state index in [1.807, 2.05) is 0 Å². The first-order valence-electron chi connectivity index (χ1n) is 2.46. The maximum atomic E-state index is 10.5. The van der Waals surface area contributed by atoms with Crippen LogP contribution in [0.25, 0.3) is 0 Å². The van der Waals surface area contributed by atoms with Crippen molar-refractivity contribution >= 4 is 21.3 Å². The quantitative estimate of drug-likeness (QED) is 0.533. The number of rotatable bonds is 3. The summed E-state index contributed by atoms with van der Waals surface area (Å²) in [6.07, 6.45) is 0.840. The predicted molar refractivity (Wildman–Crippen MR) is 36.1 cm³/mol. The van der Waals surface area contributed by atoms with Gasteiger partial charge in [0, 0.05) is 17.8 Å². The van der Waals surface area contributed by atoms with Crippen molar-refractivity contribution in [2.24, 2.45) is 0 Å². The minimum absolute atomic E-state index is 0.0606. The van der Waals surface area contributed by atoms with Crippen LogP contribution in [-0.4, -0.2) is 33.7 Å². The highest BCUT2D eigenvalue weighted by Crippen LogP contribution is 1.98. The van der Waals surface area contributed by atoms with Gasteiger partial charge in [0.1, 0.15) is 0 Å². The summed E-state index contributed by atoms with van der Waals surface area (Å²) < 4.78 is 41.7. The van der Waals surface area contributed by atoms with Gasteiger partial charge in [0.2, 0.25) is 10.0 Å². The van der Waals surface area contributed by atoms with Crippen LogP contribution in [0.1, 0.15) is 6.92 Å². The van der Waals surface area contributed by atoms with Gasteiger partial charge in [-0.1, -0.05) is 6.92 Å². The molecular weight excluding hydrogens is 178 g/mol. The Bertz CT molecular complexity index is 221. The monoisotopic (exact) mass is 186 g/mol. The van der Waals surface area contributed by atoms with Crippen molar-refractivity contribution in [2.75, 3.05) is 12.8 Å². The molecule has 10 heavy (non-hydrogen) atoms. The standard InChI is InChI=1S/C3H9NO4S2/c1-3-4(9(5)6)10(2,7)8/h3H2,1-2H3,(H,5,6)/p-1. The molecule has 0 rings (SSSR count). The van der Waals surface area contributed by atoms with Crippen LogP contribution in [-0.2, 0) is 21.3 Å². The first kappa shape index (κ1) is 10.0. The normalized spacial score (nSPS) is 15.6. The molecule has 5 nitrogen and oxygen atoms in total. The molecule has 0 aromatic heterocycles. The van der Waals surface area contributed by atoms with Crippen molar-refractivity contribution in [2.45, 2.75) is 6.92 Å². The minimum atomic E-state index is -3.59. The Morgan fingerprint density at radius 1 is 1.60 bits per heavy atom. The van der Waals surface area contributed by atoms with E-state index >= 15 is 0 Å². The third kappa shape index (κ3) is 2.74. The van der Waals surface area contributed by atoms with Gasteiger partial charge in [0.15, 0.2) is 0 Å². The molecule has 0 aromatic rings. The number of nitrogens with zero attached hydrogens (tertiary/aromatic N) is 1. The summed E-state index contributed by atoms with van der Waals surface area (Å²) in [5.41, 5.74) is 0. The van der Waals surface area contributed by atoms with Crippen molar-refractivity contribution in [1.29, 1.82) is 0 Å². The molecule has 0 aliphatic carbocycles. The van der Waals surface area contributed by atoms with Crippen LogP contribution >= 0.6 is 0 Å². The van der Waals surface area contributed by atoms with E-state index < -0.39 is 21.3 Å². The highest BCUT2D eigenvalue weighted by Gasteiger charge is 2.13. The fourth-order valence-corrected chi connectivity index (χ4v) is 2.01. The summed E-state index contributed by atoms with van der Waals surface area (Å²) in [5, 5.41) is 0. The summed E-state index contributed by atoms with van der Waals surface area (Å²) in [6.45, 7) is 1.38. The van der Waals surface area contributed by atoms with Crippen molar-refractivity contribution in [3.8, 4) is 0 Å². The van der Waals surface area contributed by atoms with Crippen LogP contribution in [0.15, 0.2) is 0 Å². The fourth-order valence-electron chi connectivity index (χ4n) is 0.450. The average molecular weight is 186 g/mol. The molecule has 0 aliphatic heterocycles. The Balaban J connectivity index is 4.55. The zero-order chi connectivity index (χ0) is 8.36. The van der Waals surface area contributed by atoms with Crippen molar-refractivity contribution < 1.29 is 17.2 Å². The number of sulfonamides is 1. The zero-order valence-corrected chi connectivity index (χ0v) is 7.24. The third-order valence-corrected chi connectivity index (χ3v) is 3.56. The summed E-state index contributed by atoms with van der Waals surface area (Å²) in [4.78, 5) is 0. The van der Waals surface area contributed by atoms with E-state index in [1.54, 1.807) is 0 Å². The summed E-state index contributed by atoms with van der Waals surface area (Å²) in [7, 11) is -3.59. The molecule has 0 bridgehead atoms. The van der Waals surface area contributed by atoms with Gasteiger partial charge in [-0.3, -0.25) is 4.21 Å². The van der Waals surface area contributed by atoms with Gasteiger partial charge < -0.3 is 4.55 Å². The SMILES string of the molecule is CCN(S(=O)[O-])S(C)(=O)=O. The summed E-state index contributed by atoms with van der Waals surface area (Å²) >= 11 is -2.68. The van der Waals surface area contributed by atoms with Gasteiger partial charge in [-0.15, -0.1) is 3.71 Å². The topological polar surface area (TPSA) is 77.5 Å². The average Bonchev–Trinajstić information content (AvgIpc) is 1.60. The second-order valence-electron chi connectivity index (χ2n) is 1.60. The molecule has 0 aliphatic rings. The van der Waals surface area contributed by atoms with Crippen LogP contribution in [0.4, 0.5) is 0 Å². The molecular formula is C3H8NO4S2-. The second kappa shape index (κ2) is 3.42. The van der Waals surface area contributed by atoms with E-state index in [1.165, 1.54) is 6.92 Å². The minimum Gasteiger partial charge on any atom is -0.759 e. The molecule has 0 N–H and O–H groups in total. The molecule has 1 unspecified atom stereocenters. The van der Waals surface area contributed by atoms with Crippen LogP contribution in [0.3, 0.4) is 0 Å². The Hall–Kier alpha value is 0.0200. The second-order valence-corrected chi connectivity index (χ2v) is 4.61.